The van der Waals surface area contributed by atoms with Crippen molar-refractivity contribution in [2.75, 3.05) is 0 Å². The monoisotopic (exact) mass is 387 g/mol. The number of phenols is 1. The summed E-state index contributed by atoms with van der Waals surface area (Å²) in [4.78, 5) is 3.41. The SMILES string of the molecule is Oc1ccc2cc(Br)ccc2c1-c1c[nH]c2c1ccc1ccccc12. The fourth-order valence-electron chi connectivity index (χ4n) is 3.65. The lowest BCUT2D eigenvalue weighted by molar-refractivity contribution is 0.478. The van der Waals surface area contributed by atoms with E-state index in [1.165, 1.54) is 10.8 Å². The minimum absolute atomic E-state index is 0.295. The molecule has 120 valence electrons. The molecule has 0 bridgehead atoms. The molecule has 0 saturated heterocycles. The summed E-state index contributed by atoms with van der Waals surface area (Å²) in [6, 6.07) is 22.4. The van der Waals surface area contributed by atoms with Gasteiger partial charge in [0, 0.05) is 32.6 Å². The van der Waals surface area contributed by atoms with E-state index in [1.54, 1.807) is 6.07 Å². The van der Waals surface area contributed by atoms with Crippen LogP contribution in [0.15, 0.2) is 77.4 Å². The van der Waals surface area contributed by atoms with Crippen LogP contribution in [0.3, 0.4) is 0 Å². The van der Waals surface area contributed by atoms with Gasteiger partial charge in [0.05, 0.1) is 5.52 Å². The number of aromatic hydroxyl groups is 1. The summed E-state index contributed by atoms with van der Waals surface area (Å²) in [6.45, 7) is 0. The molecule has 4 aromatic carbocycles. The Morgan fingerprint density at radius 2 is 1.56 bits per heavy atom. The Hall–Kier alpha value is -2.78. The molecule has 25 heavy (non-hydrogen) atoms. The molecule has 5 rings (SSSR count). The van der Waals surface area contributed by atoms with Crippen LogP contribution in [0.4, 0.5) is 0 Å². The van der Waals surface area contributed by atoms with Gasteiger partial charge < -0.3 is 10.1 Å². The fourth-order valence-corrected chi connectivity index (χ4v) is 4.03. The number of aromatic amines is 1. The third kappa shape index (κ3) is 2.16. The number of hydrogen-bond acceptors (Lipinski definition) is 1. The van der Waals surface area contributed by atoms with Gasteiger partial charge in [-0.3, -0.25) is 0 Å². The molecule has 1 aromatic heterocycles. The molecule has 0 amide bonds. The van der Waals surface area contributed by atoms with Gasteiger partial charge >= 0.3 is 0 Å². The molecule has 0 radical (unpaired) electrons. The van der Waals surface area contributed by atoms with Gasteiger partial charge in [-0.25, -0.2) is 0 Å². The highest BCUT2D eigenvalue weighted by atomic mass is 79.9. The number of nitrogens with one attached hydrogen (secondary N) is 1. The first-order chi connectivity index (χ1) is 12.2. The van der Waals surface area contributed by atoms with Crippen molar-refractivity contribution in [1.82, 2.24) is 4.98 Å². The average molecular weight is 388 g/mol. The molecule has 0 unspecified atom stereocenters. The number of rotatable bonds is 1. The molecule has 0 aliphatic carbocycles. The zero-order valence-electron chi connectivity index (χ0n) is 13.3. The van der Waals surface area contributed by atoms with Crippen LogP contribution < -0.4 is 0 Å². The van der Waals surface area contributed by atoms with Crippen LogP contribution in [-0.2, 0) is 0 Å². The maximum atomic E-state index is 10.6. The maximum absolute atomic E-state index is 10.6. The van der Waals surface area contributed by atoms with Crippen molar-refractivity contribution in [1.29, 1.82) is 0 Å². The summed E-state index contributed by atoms with van der Waals surface area (Å²) < 4.78 is 1.03. The minimum atomic E-state index is 0.295. The highest BCUT2D eigenvalue weighted by Crippen LogP contribution is 2.41. The van der Waals surface area contributed by atoms with Gasteiger partial charge in [0.15, 0.2) is 0 Å². The van der Waals surface area contributed by atoms with E-state index in [0.717, 1.165) is 37.3 Å². The van der Waals surface area contributed by atoms with Gasteiger partial charge in [-0.15, -0.1) is 0 Å². The van der Waals surface area contributed by atoms with Gasteiger partial charge in [-0.2, -0.15) is 0 Å². The zero-order chi connectivity index (χ0) is 17.0. The first kappa shape index (κ1) is 14.6. The second kappa shape index (κ2) is 5.36. The number of halogens is 1. The van der Waals surface area contributed by atoms with Crippen LogP contribution in [0.25, 0.3) is 43.6 Å². The van der Waals surface area contributed by atoms with E-state index in [0.29, 0.717) is 5.75 Å². The zero-order valence-corrected chi connectivity index (χ0v) is 14.8. The predicted molar refractivity (Wildman–Crippen MR) is 108 cm³/mol. The first-order valence-corrected chi connectivity index (χ1v) is 8.92. The fraction of sp³-hybridized carbons (Fsp3) is 0. The lowest BCUT2D eigenvalue weighted by atomic mass is 9.96. The lowest BCUT2D eigenvalue weighted by Crippen LogP contribution is -1.83. The molecule has 5 aromatic rings. The van der Waals surface area contributed by atoms with Crippen molar-refractivity contribution < 1.29 is 5.11 Å². The van der Waals surface area contributed by atoms with E-state index in [2.05, 4.69) is 57.3 Å². The normalized spacial score (nSPS) is 11.6. The Morgan fingerprint density at radius 1 is 0.760 bits per heavy atom. The second-order valence-electron chi connectivity index (χ2n) is 6.24. The van der Waals surface area contributed by atoms with Gasteiger partial charge in [0.25, 0.3) is 0 Å². The van der Waals surface area contributed by atoms with Crippen LogP contribution in [0.5, 0.6) is 5.75 Å². The molecule has 3 heteroatoms. The quantitative estimate of drug-likeness (QED) is 0.333. The minimum Gasteiger partial charge on any atom is -0.507 e. The molecule has 0 aliphatic rings. The highest BCUT2D eigenvalue weighted by molar-refractivity contribution is 9.10. The Kier molecular flexibility index (Phi) is 3.12. The molecular weight excluding hydrogens is 374 g/mol. The van der Waals surface area contributed by atoms with E-state index < -0.39 is 0 Å². The lowest BCUT2D eigenvalue weighted by Gasteiger charge is -2.09. The van der Waals surface area contributed by atoms with Crippen molar-refractivity contribution in [2.45, 2.75) is 0 Å². The van der Waals surface area contributed by atoms with E-state index in [4.69, 9.17) is 0 Å². The molecule has 0 aliphatic heterocycles. The topological polar surface area (TPSA) is 36.0 Å². The molecule has 1 heterocycles. The van der Waals surface area contributed by atoms with Crippen LogP contribution >= 0.6 is 15.9 Å². The molecular formula is C22H14BrNO. The van der Waals surface area contributed by atoms with Gasteiger partial charge in [0.1, 0.15) is 5.75 Å². The van der Waals surface area contributed by atoms with Crippen molar-refractivity contribution >= 4 is 48.4 Å². The molecule has 0 saturated carbocycles. The van der Waals surface area contributed by atoms with E-state index >= 15 is 0 Å². The number of H-pyrrole nitrogens is 1. The second-order valence-corrected chi connectivity index (χ2v) is 7.15. The van der Waals surface area contributed by atoms with Crippen molar-refractivity contribution in [3.05, 3.63) is 77.4 Å². The van der Waals surface area contributed by atoms with Crippen molar-refractivity contribution in [3.63, 3.8) is 0 Å². The molecule has 0 spiro atoms. The van der Waals surface area contributed by atoms with Crippen LogP contribution in [0, 0.1) is 0 Å². The highest BCUT2D eigenvalue weighted by Gasteiger charge is 2.15. The number of hydrogen-bond donors (Lipinski definition) is 2. The number of phenolic OH excluding ortho intramolecular Hbond substituents is 1. The third-order valence-electron chi connectivity index (χ3n) is 4.81. The third-order valence-corrected chi connectivity index (χ3v) is 5.30. The molecule has 0 atom stereocenters. The maximum Gasteiger partial charge on any atom is 0.124 e. The first-order valence-electron chi connectivity index (χ1n) is 8.13. The smallest absolute Gasteiger partial charge is 0.124 e. The number of fused-ring (bicyclic) bond motifs is 4. The van der Waals surface area contributed by atoms with Crippen LogP contribution in [-0.4, -0.2) is 10.1 Å². The van der Waals surface area contributed by atoms with Crippen LogP contribution in [0.1, 0.15) is 0 Å². The Bertz CT molecular complexity index is 1270. The molecule has 2 nitrogen and oxygen atoms in total. The summed E-state index contributed by atoms with van der Waals surface area (Å²) in [6.07, 6.45) is 1.99. The van der Waals surface area contributed by atoms with E-state index in [-0.39, 0.29) is 0 Å². The Morgan fingerprint density at radius 3 is 2.48 bits per heavy atom. The summed E-state index contributed by atoms with van der Waals surface area (Å²) in [5, 5.41) is 16.2. The van der Waals surface area contributed by atoms with E-state index in [9.17, 15) is 5.11 Å². The molecule has 0 fully saturated rings. The van der Waals surface area contributed by atoms with Crippen LogP contribution in [0.2, 0.25) is 0 Å². The Labute approximate surface area is 152 Å². The van der Waals surface area contributed by atoms with Gasteiger partial charge in [0.2, 0.25) is 0 Å². The van der Waals surface area contributed by atoms with Crippen molar-refractivity contribution in [3.8, 4) is 16.9 Å². The summed E-state index contributed by atoms with van der Waals surface area (Å²) in [5.41, 5.74) is 2.99. The largest absolute Gasteiger partial charge is 0.507 e. The Balaban J connectivity index is 1.89. The standard InChI is InChI=1S/C22H14BrNO/c23-15-7-9-16-14(11-15)6-10-20(25)21(16)19-12-24-22-17-4-2-1-3-13(17)5-8-18(19)22/h1-12,24-25H. The summed E-state index contributed by atoms with van der Waals surface area (Å²) in [5.74, 6) is 0.295. The van der Waals surface area contributed by atoms with Crippen molar-refractivity contribution in [2.24, 2.45) is 0 Å². The average Bonchev–Trinajstić information content (AvgIpc) is 3.06. The van der Waals surface area contributed by atoms with Gasteiger partial charge in [-0.1, -0.05) is 64.5 Å². The van der Waals surface area contributed by atoms with Gasteiger partial charge in [-0.05, 0) is 34.4 Å². The summed E-state index contributed by atoms with van der Waals surface area (Å²) >= 11 is 3.52. The number of aromatic nitrogens is 1. The van der Waals surface area contributed by atoms with E-state index in [1.807, 2.05) is 30.5 Å². The predicted octanol–water partition coefficient (Wildman–Crippen LogP) is 6.61. The number of benzene rings is 4. The summed E-state index contributed by atoms with van der Waals surface area (Å²) in [7, 11) is 0. The molecule has 2 N–H and O–H groups in total.